The zero-order valence-corrected chi connectivity index (χ0v) is 10.3. The number of aliphatic hydroxyl groups is 1. The van der Waals surface area contributed by atoms with Crippen LogP contribution in [-0.4, -0.2) is 29.4 Å². The molecule has 0 aliphatic rings. The molecule has 0 aliphatic heterocycles. The Morgan fingerprint density at radius 2 is 1.93 bits per heavy atom. The molecule has 4 nitrogen and oxygen atoms in total. The van der Waals surface area contributed by atoms with Crippen molar-refractivity contribution in [1.29, 1.82) is 0 Å². The van der Waals surface area contributed by atoms with Crippen LogP contribution in [0.25, 0.3) is 0 Å². The maximum Gasteiger partial charge on any atom is 0.407 e. The SMILES string of the molecule is CC(C)C(O)CCNC(=O)OC(C)(C)C. The molecule has 0 aromatic carbocycles. The lowest BCUT2D eigenvalue weighted by molar-refractivity contribution is 0.0510. The summed E-state index contributed by atoms with van der Waals surface area (Å²) in [6, 6.07) is 0. The van der Waals surface area contributed by atoms with Crippen molar-refractivity contribution in [3.8, 4) is 0 Å². The Kier molecular flexibility index (Phi) is 5.65. The van der Waals surface area contributed by atoms with E-state index in [1.165, 1.54) is 0 Å². The number of alkyl carbamates (subject to hydrolysis) is 1. The second-order valence-electron chi connectivity index (χ2n) is 5.03. The number of nitrogens with one attached hydrogen (secondary N) is 1. The highest BCUT2D eigenvalue weighted by Crippen LogP contribution is 2.07. The van der Waals surface area contributed by atoms with Crippen molar-refractivity contribution in [3.05, 3.63) is 0 Å². The zero-order chi connectivity index (χ0) is 12.1. The standard InChI is InChI=1S/C11H23NO3/c1-8(2)9(13)6-7-12-10(14)15-11(3,4)5/h8-9,13H,6-7H2,1-5H3,(H,12,14). The van der Waals surface area contributed by atoms with Crippen LogP contribution in [0.5, 0.6) is 0 Å². The Labute approximate surface area is 92.0 Å². The first-order valence-electron chi connectivity index (χ1n) is 5.37. The van der Waals surface area contributed by atoms with E-state index >= 15 is 0 Å². The van der Waals surface area contributed by atoms with Gasteiger partial charge in [0, 0.05) is 6.54 Å². The summed E-state index contributed by atoms with van der Waals surface area (Å²) in [5.41, 5.74) is -0.471. The minimum absolute atomic E-state index is 0.213. The number of aliphatic hydroxyl groups excluding tert-OH is 1. The van der Waals surface area contributed by atoms with E-state index in [-0.39, 0.29) is 12.0 Å². The van der Waals surface area contributed by atoms with Gasteiger partial charge < -0.3 is 15.2 Å². The molecule has 0 saturated carbocycles. The molecule has 0 spiro atoms. The van der Waals surface area contributed by atoms with E-state index in [1.54, 1.807) is 0 Å². The second kappa shape index (κ2) is 5.95. The minimum atomic E-state index is -0.471. The van der Waals surface area contributed by atoms with Gasteiger partial charge in [-0.25, -0.2) is 4.79 Å². The van der Waals surface area contributed by atoms with Gasteiger partial charge in [-0.2, -0.15) is 0 Å². The fraction of sp³-hybridized carbons (Fsp3) is 0.909. The Balaban J connectivity index is 3.65. The lowest BCUT2D eigenvalue weighted by atomic mass is 10.0. The molecule has 1 unspecified atom stereocenters. The van der Waals surface area contributed by atoms with Crippen LogP contribution < -0.4 is 5.32 Å². The first-order valence-corrected chi connectivity index (χ1v) is 5.37. The van der Waals surface area contributed by atoms with Crippen LogP contribution in [0.2, 0.25) is 0 Å². The molecule has 0 aromatic rings. The molecule has 0 fully saturated rings. The normalized spacial score (nSPS) is 13.8. The maximum absolute atomic E-state index is 11.2. The Morgan fingerprint density at radius 1 is 1.40 bits per heavy atom. The molecule has 90 valence electrons. The summed E-state index contributed by atoms with van der Waals surface area (Å²) in [6.45, 7) is 9.77. The van der Waals surface area contributed by atoms with Crippen molar-refractivity contribution < 1.29 is 14.6 Å². The van der Waals surface area contributed by atoms with Crippen LogP contribution in [0, 0.1) is 5.92 Å². The van der Waals surface area contributed by atoms with Crippen molar-refractivity contribution in [2.45, 2.75) is 52.7 Å². The molecular weight excluding hydrogens is 194 g/mol. The van der Waals surface area contributed by atoms with E-state index in [0.29, 0.717) is 13.0 Å². The molecule has 1 amide bonds. The maximum atomic E-state index is 11.2. The lowest BCUT2D eigenvalue weighted by Gasteiger charge is -2.20. The summed E-state index contributed by atoms with van der Waals surface area (Å²) in [6.07, 6.45) is -0.255. The molecule has 0 heterocycles. The third-order valence-electron chi connectivity index (χ3n) is 1.88. The fourth-order valence-electron chi connectivity index (χ4n) is 0.970. The number of ether oxygens (including phenoxy) is 1. The van der Waals surface area contributed by atoms with Gasteiger partial charge in [0.2, 0.25) is 0 Å². The van der Waals surface area contributed by atoms with E-state index in [9.17, 15) is 9.90 Å². The van der Waals surface area contributed by atoms with E-state index in [0.717, 1.165) is 0 Å². The van der Waals surface area contributed by atoms with Gasteiger partial charge in [-0.1, -0.05) is 13.8 Å². The summed E-state index contributed by atoms with van der Waals surface area (Å²) < 4.78 is 5.05. The highest BCUT2D eigenvalue weighted by molar-refractivity contribution is 5.67. The zero-order valence-electron chi connectivity index (χ0n) is 10.3. The van der Waals surface area contributed by atoms with Crippen LogP contribution >= 0.6 is 0 Å². The van der Waals surface area contributed by atoms with Gasteiger partial charge >= 0.3 is 6.09 Å². The van der Waals surface area contributed by atoms with Crippen LogP contribution in [0.15, 0.2) is 0 Å². The van der Waals surface area contributed by atoms with Crippen LogP contribution in [0.4, 0.5) is 4.79 Å². The molecule has 0 aromatic heterocycles. The van der Waals surface area contributed by atoms with Crippen molar-refractivity contribution in [2.75, 3.05) is 6.54 Å². The topological polar surface area (TPSA) is 58.6 Å². The molecule has 0 aliphatic carbocycles. The van der Waals surface area contributed by atoms with Crippen molar-refractivity contribution in [3.63, 3.8) is 0 Å². The van der Waals surface area contributed by atoms with E-state index < -0.39 is 11.7 Å². The molecule has 0 bridgehead atoms. The molecule has 15 heavy (non-hydrogen) atoms. The average Bonchev–Trinajstić information content (AvgIpc) is 2.00. The average molecular weight is 217 g/mol. The number of carbonyl (C=O) groups excluding carboxylic acids is 1. The van der Waals surface area contributed by atoms with Crippen molar-refractivity contribution >= 4 is 6.09 Å². The Bertz CT molecular complexity index is 196. The summed E-state index contributed by atoms with van der Waals surface area (Å²) in [5.74, 6) is 0.213. The van der Waals surface area contributed by atoms with Gasteiger partial charge in [0.25, 0.3) is 0 Å². The third kappa shape index (κ3) is 8.24. The van der Waals surface area contributed by atoms with E-state index in [4.69, 9.17) is 4.74 Å². The minimum Gasteiger partial charge on any atom is -0.444 e. The third-order valence-corrected chi connectivity index (χ3v) is 1.88. The van der Waals surface area contributed by atoms with Crippen molar-refractivity contribution in [1.82, 2.24) is 5.32 Å². The number of hydrogen-bond donors (Lipinski definition) is 2. The van der Waals surface area contributed by atoms with Crippen LogP contribution in [0.1, 0.15) is 41.0 Å². The van der Waals surface area contributed by atoms with Gasteiger partial charge in [-0.05, 0) is 33.1 Å². The quantitative estimate of drug-likeness (QED) is 0.756. The Hall–Kier alpha value is -0.770. The predicted molar refractivity (Wildman–Crippen MR) is 59.7 cm³/mol. The number of rotatable bonds is 4. The lowest BCUT2D eigenvalue weighted by Crippen LogP contribution is -2.34. The highest BCUT2D eigenvalue weighted by Gasteiger charge is 2.16. The van der Waals surface area contributed by atoms with Gasteiger partial charge in [0.15, 0.2) is 0 Å². The van der Waals surface area contributed by atoms with Gasteiger partial charge in [-0.3, -0.25) is 0 Å². The smallest absolute Gasteiger partial charge is 0.407 e. The molecular formula is C11H23NO3. The first kappa shape index (κ1) is 14.2. The van der Waals surface area contributed by atoms with Gasteiger partial charge in [0.1, 0.15) is 5.60 Å². The van der Waals surface area contributed by atoms with Crippen molar-refractivity contribution in [2.24, 2.45) is 5.92 Å². The van der Waals surface area contributed by atoms with E-state index in [2.05, 4.69) is 5.32 Å². The van der Waals surface area contributed by atoms with Crippen LogP contribution in [0.3, 0.4) is 0 Å². The monoisotopic (exact) mass is 217 g/mol. The highest BCUT2D eigenvalue weighted by atomic mass is 16.6. The Morgan fingerprint density at radius 3 is 2.33 bits per heavy atom. The van der Waals surface area contributed by atoms with Gasteiger partial charge in [-0.15, -0.1) is 0 Å². The molecule has 4 heteroatoms. The summed E-state index contributed by atoms with van der Waals surface area (Å²) in [5, 5.41) is 12.1. The predicted octanol–water partition coefficient (Wildman–Crippen LogP) is 1.92. The number of amides is 1. The van der Waals surface area contributed by atoms with Gasteiger partial charge in [0.05, 0.1) is 6.10 Å². The number of hydrogen-bond acceptors (Lipinski definition) is 3. The summed E-state index contributed by atoms with van der Waals surface area (Å²) in [4.78, 5) is 11.2. The molecule has 1 atom stereocenters. The van der Waals surface area contributed by atoms with E-state index in [1.807, 2.05) is 34.6 Å². The number of carbonyl (C=O) groups is 1. The summed E-state index contributed by atoms with van der Waals surface area (Å²) in [7, 11) is 0. The fourth-order valence-corrected chi connectivity index (χ4v) is 0.970. The molecule has 0 saturated heterocycles. The second-order valence-corrected chi connectivity index (χ2v) is 5.03. The first-order chi connectivity index (χ1) is 6.72. The molecule has 0 rings (SSSR count). The molecule has 0 radical (unpaired) electrons. The van der Waals surface area contributed by atoms with Crippen LogP contribution in [-0.2, 0) is 4.74 Å². The summed E-state index contributed by atoms with van der Waals surface area (Å²) >= 11 is 0. The molecule has 2 N–H and O–H groups in total. The largest absolute Gasteiger partial charge is 0.444 e.